The molecule has 0 saturated carbocycles. The zero-order chi connectivity index (χ0) is 14.8. The molecular formula is C15H22N4OS. The molecule has 0 aliphatic carbocycles. The molecule has 0 radical (unpaired) electrons. The van der Waals surface area contributed by atoms with E-state index in [1.54, 1.807) is 0 Å². The van der Waals surface area contributed by atoms with Gasteiger partial charge in [0.15, 0.2) is 0 Å². The van der Waals surface area contributed by atoms with Crippen LogP contribution < -0.4 is 10.6 Å². The third kappa shape index (κ3) is 3.27. The molecule has 0 unspecified atom stereocenters. The molecule has 0 bridgehead atoms. The fourth-order valence-electron chi connectivity index (χ4n) is 2.77. The van der Waals surface area contributed by atoms with Crippen LogP contribution in [-0.4, -0.2) is 67.8 Å². The fourth-order valence-corrected chi connectivity index (χ4v) is 3.80. The van der Waals surface area contributed by atoms with Crippen LogP contribution in [0.4, 0.5) is 11.4 Å². The van der Waals surface area contributed by atoms with Crippen LogP contribution in [0.15, 0.2) is 23.1 Å². The molecule has 2 aliphatic heterocycles. The maximum atomic E-state index is 12.5. The number of hydrogen-bond acceptors (Lipinski definition) is 5. The first-order valence-corrected chi connectivity index (χ1v) is 8.35. The van der Waals surface area contributed by atoms with Crippen molar-refractivity contribution in [2.75, 3.05) is 62.7 Å². The monoisotopic (exact) mass is 306 g/mol. The van der Waals surface area contributed by atoms with E-state index in [0.717, 1.165) is 49.9 Å². The summed E-state index contributed by atoms with van der Waals surface area (Å²) in [7, 11) is 2.10. The van der Waals surface area contributed by atoms with Crippen molar-refractivity contribution in [2.24, 2.45) is 0 Å². The number of nitrogen functional groups attached to an aromatic ring is 1. The highest BCUT2D eigenvalue weighted by Crippen LogP contribution is 2.35. The van der Waals surface area contributed by atoms with E-state index in [-0.39, 0.29) is 5.91 Å². The second kappa shape index (κ2) is 6.15. The lowest BCUT2D eigenvalue weighted by Crippen LogP contribution is -2.50. The van der Waals surface area contributed by atoms with Gasteiger partial charge >= 0.3 is 0 Å². The zero-order valence-electron chi connectivity index (χ0n) is 12.4. The number of fused-ring (bicyclic) bond motifs is 1. The Morgan fingerprint density at radius 3 is 2.76 bits per heavy atom. The summed E-state index contributed by atoms with van der Waals surface area (Å²) < 4.78 is 0. The second-order valence-corrected chi connectivity index (χ2v) is 6.82. The SMILES string of the molecule is CN1CCN(C(=O)CN2CCSc3ccc(N)cc32)CC1. The van der Waals surface area contributed by atoms with Crippen LogP contribution in [0.5, 0.6) is 0 Å². The van der Waals surface area contributed by atoms with Crippen molar-refractivity contribution >= 4 is 29.0 Å². The number of likely N-dealkylation sites (N-methyl/N-ethyl adjacent to an activating group) is 1. The van der Waals surface area contributed by atoms with Crippen molar-refractivity contribution in [3.05, 3.63) is 18.2 Å². The quantitative estimate of drug-likeness (QED) is 0.825. The van der Waals surface area contributed by atoms with Crippen LogP contribution in [-0.2, 0) is 4.79 Å². The Bertz CT molecular complexity index is 528. The molecule has 1 saturated heterocycles. The minimum Gasteiger partial charge on any atom is -0.399 e. The lowest BCUT2D eigenvalue weighted by atomic mass is 10.2. The maximum Gasteiger partial charge on any atom is 0.242 e. The Hall–Kier alpha value is -1.40. The molecule has 0 spiro atoms. The van der Waals surface area contributed by atoms with Crippen molar-refractivity contribution in [3.63, 3.8) is 0 Å². The molecule has 2 heterocycles. The van der Waals surface area contributed by atoms with Crippen molar-refractivity contribution in [2.45, 2.75) is 4.90 Å². The molecule has 2 aliphatic rings. The molecule has 1 fully saturated rings. The van der Waals surface area contributed by atoms with Crippen molar-refractivity contribution in [3.8, 4) is 0 Å². The van der Waals surface area contributed by atoms with E-state index in [0.29, 0.717) is 6.54 Å². The highest BCUT2D eigenvalue weighted by atomic mass is 32.2. The predicted octanol–water partition coefficient (Wildman–Crippen LogP) is 0.955. The largest absolute Gasteiger partial charge is 0.399 e. The summed E-state index contributed by atoms with van der Waals surface area (Å²) in [5.41, 5.74) is 7.76. The summed E-state index contributed by atoms with van der Waals surface area (Å²) >= 11 is 1.84. The first-order valence-electron chi connectivity index (χ1n) is 7.37. The van der Waals surface area contributed by atoms with Gasteiger partial charge in [-0.3, -0.25) is 4.79 Å². The van der Waals surface area contributed by atoms with Crippen LogP contribution in [0.1, 0.15) is 0 Å². The topological polar surface area (TPSA) is 52.8 Å². The first kappa shape index (κ1) is 14.5. The van der Waals surface area contributed by atoms with Crippen LogP contribution in [0.25, 0.3) is 0 Å². The number of carbonyl (C=O) groups is 1. The number of thioether (sulfide) groups is 1. The summed E-state index contributed by atoms with van der Waals surface area (Å²) in [4.78, 5) is 20.1. The molecule has 3 rings (SSSR count). The van der Waals surface area contributed by atoms with E-state index >= 15 is 0 Å². The van der Waals surface area contributed by atoms with Gasteiger partial charge in [-0.25, -0.2) is 0 Å². The van der Waals surface area contributed by atoms with Gasteiger partial charge in [-0.2, -0.15) is 0 Å². The van der Waals surface area contributed by atoms with Gasteiger partial charge in [0.25, 0.3) is 0 Å². The van der Waals surface area contributed by atoms with Crippen molar-refractivity contribution in [1.29, 1.82) is 0 Å². The minimum absolute atomic E-state index is 0.225. The van der Waals surface area contributed by atoms with E-state index < -0.39 is 0 Å². The van der Waals surface area contributed by atoms with Gasteiger partial charge in [-0.05, 0) is 25.2 Å². The molecule has 2 N–H and O–H groups in total. The number of benzene rings is 1. The maximum absolute atomic E-state index is 12.5. The summed E-state index contributed by atoms with van der Waals surface area (Å²) in [6.45, 7) is 4.96. The van der Waals surface area contributed by atoms with E-state index in [9.17, 15) is 4.79 Å². The Balaban J connectivity index is 1.68. The molecule has 21 heavy (non-hydrogen) atoms. The molecule has 5 nitrogen and oxygen atoms in total. The van der Waals surface area contributed by atoms with Gasteiger partial charge in [-0.1, -0.05) is 0 Å². The zero-order valence-corrected chi connectivity index (χ0v) is 13.2. The molecule has 0 aromatic heterocycles. The molecule has 1 amide bonds. The third-order valence-electron chi connectivity index (χ3n) is 4.12. The Kier molecular flexibility index (Phi) is 4.26. The number of amides is 1. The van der Waals surface area contributed by atoms with Crippen molar-refractivity contribution in [1.82, 2.24) is 9.80 Å². The second-order valence-electron chi connectivity index (χ2n) is 5.68. The van der Waals surface area contributed by atoms with Gasteiger partial charge in [0.2, 0.25) is 5.91 Å². The van der Waals surface area contributed by atoms with Gasteiger partial charge in [0, 0.05) is 49.1 Å². The Labute approximate surface area is 130 Å². The third-order valence-corrected chi connectivity index (χ3v) is 5.17. The Morgan fingerprint density at radius 1 is 1.24 bits per heavy atom. The highest BCUT2D eigenvalue weighted by Gasteiger charge is 2.24. The average Bonchev–Trinajstić information content (AvgIpc) is 2.48. The number of anilines is 2. The number of piperazine rings is 1. The first-order chi connectivity index (χ1) is 10.1. The lowest BCUT2D eigenvalue weighted by molar-refractivity contribution is -0.131. The van der Waals surface area contributed by atoms with E-state index in [2.05, 4.69) is 22.9 Å². The number of rotatable bonds is 2. The van der Waals surface area contributed by atoms with Crippen LogP contribution >= 0.6 is 11.8 Å². The van der Waals surface area contributed by atoms with Crippen LogP contribution in [0, 0.1) is 0 Å². The van der Waals surface area contributed by atoms with Gasteiger partial charge < -0.3 is 20.4 Å². The molecule has 1 aromatic rings. The fraction of sp³-hybridized carbons (Fsp3) is 0.533. The number of nitrogens with zero attached hydrogens (tertiary/aromatic N) is 3. The van der Waals surface area contributed by atoms with Crippen molar-refractivity contribution < 1.29 is 4.79 Å². The summed E-state index contributed by atoms with van der Waals surface area (Å²) in [5.74, 6) is 1.25. The minimum atomic E-state index is 0.225. The molecule has 114 valence electrons. The van der Waals surface area contributed by atoms with Gasteiger partial charge in [0.05, 0.1) is 12.2 Å². The summed E-state index contributed by atoms with van der Waals surface area (Å²) in [6.07, 6.45) is 0. The predicted molar refractivity (Wildman–Crippen MR) is 87.9 cm³/mol. The Morgan fingerprint density at radius 2 is 2.00 bits per heavy atom. The number of nitrogens with two attached hydrogens (primary N) is 1. The molecule has 6 heteroatoms. The van der Waals surface area contributed by atoms with Gasteiger partial charge in [0.1, 0.15) is 0 Å². The van der Waals surface area contributed by atoms with E-state index in [1.807, 2.05) is 28.8 Å². The number of carbonyl (C=O) groups excluding carboxylic acids is 1. The summed E-state index contributed by atoms with van der Waals surface area (Å²) in [6, 6.07) is 5.97. The molecule has 0 atom stereocenters. The normalized spacial score (nSPS) is 19.5. The molecular weight excluding hydrogens is 284 g/mol. The van der Waals surface area contributed by atoms with E-state index in [4.69, 9.17) is 5.73 Å². The number of hydrogen-bond donors (Lipinski definition) is 1. The van der Waals surface area contributed by atoms with Crippen LogP contribution in [0.2, 0.25) is 0 Å². The molecule has 1 aromatic carbocycles. The average molecular weight is 306 g/mol. The van der Waals surface area contributed by atoms with E-state index in [1.165, 1.54) is 4.90 Å². The van der Waals surface area contributed by atoms with Gasteiger partial charge in [-0.15, -0.1) is 11.8 Å². The standard InChI is InChI=1S/C15H22N4OS/c1-17-4-6-18(7-5-17)15(20)11-19-8-9-21-14-3-2-12(16)10-13(14)19/h2-3,10H,4-9,11,16H2,1H3. The van der Waals surface area contributed by atoms with Crippen LogP contribution in [0.3, 0.4) is 0 Å². The smallest absolute Gasteiger partial charge is 0.242 e. The lowest BCUT2D eigenvalue weighted by Gasteiger charge is -2.36. The summed E-state index contributed by atoms with van der Waals surface area (Å²) in [5, 5.41) is 0. The highest BCUT2D eigenvalue weighted by molar-refractivity contribution is 7.99.